The molecule has 0 N–H and O–H groups in total. The van der Waals surface area contributed by atoms with Gasteiger partial charge in [-0.25, -0.2) is 0 Å². The van der Waals surface area contributed by atoms with Crippen LogP contribution < -0.4 is 4.74 Å². The second-order valence-corrected chi connectivity index (χ2v) is 6.22. The number of aryl methyl sites for hydroxylation is 2. The molecule has 2 aromatic carbocycles. The lowest BCUT2D eigenvalue weighted by molar-refractivity contribution is 0.414. The van der Waals surface area contributed by atoms with E-state index >= 15 is 0 Å². The van der Waals surface area contributed by atoms with Gasteiger partial charge in [0.15, 0.2) is 0 Å². The van der Waals surface area contributed by atoms with E-state index in [0.29, 0.717) is 0 Å². The molecule has 1 unspecified atom stereocenters. The van der Waals surface area contributed by atoms with Gasteiger partial charge >= 0.3 is 0 Å². The molecule has 126 valence electrons. The van der Waals surface area contributed by atoms with E-state index < -0.39 is 0 Å². The molecule has 0 radical (unpaired) electrons. The average molecular weight is 333 g/mol. The van der Waals surface area contributed by atoms with Gasteiger partial charge in [0.1, 0.15) is 5.75 Å². The van der Waals surface area contributed by atoms with Gasteiger partial charge in [-0.05, 0) is 54.9 Å². The van der Waals surface area contributed by atoms with Crippen LogP contribution in [0.3, 0.4) is 0 Å². The summed E-state index contributed by atoms with van der Waals surface area (Å²) in [6, 6.07) is 19.3. The maximum Gasteiger partial charge on any atom is 0.118 e. The van der Waals surface area contributed by atoms with Crippen molar-refractivity contribution in [2.45, 2.75) is 45.4 Å². The number of hydrogen-bond acceptors (Lipinski definition) is 1. The van der Waals surface area contributed by atoms with Gasteiger partial charge in [-0.3, -0.25) is 0 Å². The zero-order valence-electron chi connectivity index (χ0n) is 14.3. The Morgan fingerprint density at radius 3 is 2.09 bits per heavy atom. The number of rotatable bonds is 9. The summed E-state index contributed by atoms with van der Waals surface area (Å²) < 4.78 is 5.20. The Bertz CT molecular complexity index is 521. The van der Waals surface area contributed by atoms with E-state index in [2.05, 4.69) is 61.5 Å². The summed E-state index contributed by atoms with van der Waals surface area (Å²) in [7, 11) is 1.71. The first-order valence-electron chi connectivity index (χ1n) is 8.45. The number of benzene rings is 2. The lowest BCUT2D eigenvalue weighted by atomic mass is 9.95. The van der Waals surface area contributed by atoms with Gasteiger partial charge in [0.2, 0.25) is 0 Å². The molecule has 23 heavy (non-hydrogen) atoms. The van der Waals surface area contributed by atoms with Crippen molar-refractivity contribution in [3.8, 4) is 5.75 Å². The highest BCUT2D eigenvalue weighted by molar-refractivity contribution is 5.85. The largest absolute Gasteiger partial charge is 0.497 e. The lowest BCUT2D eigenvalue weighted by Crippen LogP contribution is -1.98. The fourth-order valence-corrected chi connectivity index (χ4v) is 2.82. The summed E-state index contributed by atoms with van der Waals surface area (Å²) in [5.41, 5.74) is 2.88. The molecule has 0 saturated heterocycles. The van der Waals surface area contributed by atoms with Crippen molar-refractivity contribution in [3.05, 3.63) is 65.7 Å². The van der Waals surface area contributed by atoms with Crippen LogP contribution in [-0.2, 0) is 12.8 Å². The lowest BCUT2D eigenvalue weighted by Gasteiger charge is -2.11. The standard InChI is InChI=1S/C21H28O.ClH/c1-18(8-6-7-11-19-9-4-3-5-10-19)12-13-20-14-16-21(22-2)17-15-20;/h3-5,9-10,14-18H,6-8,11-13H2,1-2H3;1H. The van der Waals surface area contributed by atoms with Gasteiger partial charge in [0.05, 0.1) is 7.11 Å². The van der Waals surface area contributed by atoms with Crippen LogP contribution >= 0.6 is 12.4 Å². The number of ether oxygens (including phenoxy) is 1. The van der Waals surface area contributed by atoms with Crippen LogP contribution in [0.25, 0.3) is 0 Å². The minimum absolute atomic E-state index is 0. The van der Waals surface area contributed by atoms with Crippen LogP contribution in [-0.4, -0.2) is 7.11 Å². The molecule has 0 spiro atoms. The van der Waals surface area contributed by atoms with Crippen LogP contribution in [0.15, 0.2) is 54.6 Å². The summed E-state index contributed by atoms with van der Waals surface area (Å²) in [6.07, 6.45) is 7.63. The Kier molecular flexibility index (Phi) is 9.47. The predicted molar refractivity (Wildman–Crippen MR) is 102 cm³/mol. The third-order valence-corrected chi connectivity index (χ3v) is 4.34. The maximum absolute atomic E-state index is 5.20. The summed E-state index contributed by atoms with van der Waals surface area (Å²) in [4.78, 5) is 0. The zero-order valence-corrected chi connectivity index (χ0v) is 15.1. The molecular formula is C21H29ClO. The van der Waals surface area contributed by atoms with Crippen molar-refractivity contribution in [2.75, 3.05) is 7.11 Å². The van der Waals surface area contributed by atoms with E-state index in [1.807, 2.05) is 0 Å². The van der Waals surface area contributed by atoms with E-state index in [9.17, 15) is 0 Å². The number of methoxy groups -OCH3 is 1. The molecule has 2 heteroatoms. The smallest absolute Gasteiger partial charge is 0.118 e. The van der Waals surface area contributed by atoms with Gasteiger partial charge in [-0.1, -0.05) is 62.2 Å². The third kappa shape index (κ3) is 7.56. The van der Waals surface area contributed by atoms with Gasteiger partial charge in [-0.2, -0.15) is 0 Å². The molecule has 2 rings (SSSR count). The molecule has 0 aliphatic rings. The van der Waals surface area contributed by atoms with Gasteiger partial charge in [-0.15, -0.1) is 12.4 Å². The van der Waals surface area contributed by atoms with Crippen LogP contribution in [0.4, 0.5) is 0 Å². The predicted octanol–water partition coefficient (Wildman–Crippen LogP) is 6.10. The molecule has 1 nitrogen and oxygen atoms in total. The highest BCUT2D eigenvalue weighted by atomic mass is 35.5. The Labute approximate surface area is 147 Å². The van der Waals surface area contributed by atoms with Crippen LogP contribution in [0.1, 0.15) is 43.7 Å². The number of unbranched alkanes of at least 4 members (excludes halogenated alkanes) is 1. The van der Waals surface area contributed by atoms with E-state index in [4.69, 9.17) is 4.74 Å². The van der Waals surface area contributed by atoms with Crippen molar-refractivity contribution < 1.29 is 4.74 Å². The fraction of sp³-hybridized carbons (Fsp3) is 0.429. The van der Waals surface area contributed by atoms with E-state index in [1.165, 1.54) is 49.7 Å². The Hall–Kier alpha value is -1.47. The molecule has 1 atom stereocenters. The molecule has 0 aliphatic carbocycles. The second kappa shape index (κ2) is 11.1. The first-order chi connectivity index (χ1) is 10.8. The monoisotopic (exact) mass is 332 g/mol. The summed E-state index contributed by atoms with van der Waals surface area (Å²) >= 11 is 0. The van der Waals surface area contributed by atoms with E-state index in [1.54, 1.807) is 7.11 Å². The maximum atomic E-state index is 5.20. The second-order valence-electron chi connectivity index (χ2n) is 6.22. The normalized spacial score (nSPS) is 11.6. The topological polar surface area (TPSA) is 9.23 Å². The van der Waals surface area contributed by atoms with E-state index in [-0.39, 0.29) is 12.4 Å². The highest BCUT2D eigenvalue weighted by Crippen LogP contribution is 2.18. The minimum atomic E-state index is 0. The molecule has 0 saturated carbocycles. The molecular weight excluding hydrogens is 304 g/mol. The van der Waals surface area contributed by atoms with Crippen molar-refractivity contribution in [2.24, 2.45) is 5.92 Å². The zero-order chi connectivity index (χ0) is 15.6. The highest BCUT2D eigenvalue weighted by Gasteiger charge is 2.03. The van der Waals surface area contributed by atoms with Gasteiger partial charge < -0.3 is 4.74 Å². The van der Waals surface area contributed by atoms with Gasteiger partial charge in [0.25, 0.3) is 0 Å². The van der Waals surface area contributed by atoms with E-state index in [0.717, 1.165) is 11.7 Å². The molecule has 0 fully saturated rings. The van der Waals surface area contributed by atoms with Gasteiger partial charge in [0, 0.05) is 0 Å². The van der Waals surface area contributed by atoms with Crippen molar-refractivity contribution >= 4 is 12.4 Å². The Morgan fingerprint density at radius 1 is 0.783 bits per heavy atom. The first-order valence-corrected chi connectivity index (χ1v) is 8.45. The average Bonchev–Trinajstić information content (AvgIpc) is 2.58. The van der Waals surface area contributed by atoms with Crippen LogP contribution in [0, 0.1) is 5.92 Å². The first kappa shape index (κ1) is 19.6. The Balaban J connectivity index is 0.00000264. The summed E-state index contributed by atoms with van der Waals surface area (Å²) in [6.45, 7) is 2.38. The molecule has 2 aromatic rings. The molecule has 0 amide bonds. The summed E-state index contributed by atoms with van der Waals surface area (Å²) in [5.74, 6) is 1.75. The molecule has 0 heterocycles. The number of halogens is 1. The summed E-state index contributed by atoms with van der Waals surface area (Å²) in [5, 5.41) is 0. The van der Waals surface area contributed by atoms with Crippen molar-refractivity contribution in [1.29, 1.82) is 0 Å². The molecule has 0 bridgehead atoms. The quantitative estimate of drug-likeness (QED) is 0.504. The van der Waals surface area contributed by atoms with Crippen molar-refractivity contribution in [1.82, 2.24) is 0 Å². The van der Waals surface area contributed by atoms with Crippen molar-refractivity contribution in [3.63, 3.8) is 0 Å². The third-order valence-electron chi connectivity index (χ3n) is 4.34. The van der Waals surface area contributed by atoms with Crippen LogP contribution in [0.2, 0.25) is 0 Å². The SMILES string of the molecule is COc1ccc(CCC(C)CCCCc2ccccc2)cc1.Cl. The number of hydrogen-bond donors (Lipinski definition) is 0. The fourth-order valence-electron chi connectivity index (χ4n) is 2.82. The molecule has 0 aromatic heterocycles. The minimum Gasteiger partial charge on any atom is -0.497 e. The molecule has 0 aliphatic heterocycles. The Morgan fingerprint density at radius 2 is 1.43 bits per heavy atom. The van der Waals surface area contributed by atoms with Crippen LogP contribution in [0.5, 0.6) is 5.75 Å².